The van der Waals surface area contributed by atoms with Crippen molar-refractivity contribution in [2.75, 3.05) is 14.2 Å². The Hall–Kier alpha value is -3.15. The highest BCUT2D eigenvalue weighted by Gasteiger charge is 2.21. The maximum absolute atomic E-state index is 11.3. The van der Waals surface area contributed by atoms with Crippen LogP contribution < -0.4 is 9.47 Å². The van der Waals surface area contributed by atoms with Gasteiger partial charge in [0.05, 0.1) is 24.8 Å². The molecule has 1 heterocycles. The van der Waals surface area contributed by atoms with Crippen molar-refractivity contribution < 1.29 is 14.4 Å². The average molecular weight is 324 g/mol. The van der Waals surface area contributed by atoms with Crippen LogP contribution in [0.25, 0.3) is 10.8 Å². The molecule has 6 nitrogen and oxygen atoms in total. The van der Waals surface area contributed by atoms with Gasteiger partial charge in [0.25, 0.3) is 0 Å². The molecule has 122 valence electrons. The summed E-state index contributed by atoms with van der Waals surface area (Å²) in [4.78, 5) is 15.3. The minimum Gasteiger partial charge on any atom is -0.493 e. The second kappa shape index (κ2) is 6.54. The van der Waals surface area contributed by atoms with Crippen molar-refractivity contribution in [1.82, 2.24) is 4.98 Å². The maximum Gasteiger partial charge on any atom is 0.315 e. The molecule has 0 saturated heterocycles. The second-order valence-electron chi connectivity index (χ2n) is 5.26. The monoisotopic (exact) mass is 324 g/mol. The molecule has 0 saturated carbocycles. The lowest BCUT2D eigenvalue weighted by atomic mass is 10.0. The summed E-state index contributed by atoms with van der Waals surface area (Å²) in [6.07, 6.45) is 2.20. The number of aromatic nitrogens is 1. The molecule has 0 atom stereocenters. The van der Waals surface area contributed by atoms with Crippen LogP contribution in [0, 0.1) is 10.1 Å². The molecule has 0 aliphatic rings. The smallest absolute Gasteiger partial charge is 0.315 e. The summed E-state index contributed by atoms with van der Waals surface area (Å²) in [6.45, 7) is 0. The van der Waals surface area contributed by atoms with E-state index in [1.165, 1.54) is 20.3 Å². The van der Waals surface area contributed by atoms with Crippen LogP contribution in [0.15, 0.2) is 48.7 Å². The van der Waals surface area contributed by atoms with Crippen LogP contribution in [-0.2, 0) is 6.42 Å². The van der Waals surface area contributed by atoms with Crippen molar-refractivity contribution in [2.45, 2.75) is 6.42 Å². The molecule has 0 radical (unpaired) electrons. The van der Waals surface area contributed by atoms with Crippen LogP contribution in [0.2, 0.25) is 0 Å². The van der Waals surface area contributed by atoms with Gasteiger partial charge in [0, 0.05) is 24.1 Å². The van der Waals surface area contributed by atoms with Gasteiger partial charge < -0.3 is 9.47 Å². The van der Waals surface area contributed by atoms with E-state index in [-0.39, 0.29) is 11.4 Å². The number of ether oxygens (including phenoxy) is 2. The molecule has 0 amide bonds. The van der Waals surface area contributed by atoms with Gasteiger partial charge in [-0.25, -0.2) is 0 Å². The number of pyridine rings is 1. The zero-order chi connectivity index (χ0) is 17.1. The fourth-order valence-electron chi connectivity index (χ4n) is 2.75. The number of hydrogen-bond donors (Lipinski definition) is 0. The van der Waals surface area contributed by atoms with Crippen molar-refractivity contribution in [1.29, 1.82) is 0 Å². The van der Waals surface area contributed by atoms with E-state index in [0.717, 1.165) is 22.0 Å². The van der Waals surface area contributed by atoms with Gasteiger partial charge in [-0.3, -0.25) is 15.1 Å². The van der Waals surface area contributed by atoms with Crippen LogP contribution in [0.3, 0.4) is 0 Å². The zero-order valence-corrected chi connectivity index (χ0v) is 13.4. The van der Waals surface area contributed by atoms with E-state index in [1.54, 1.807) is 12.3 Å². The number of nitro groups is 1. The second-order valence-corrected chi connectivity index (χ2v) is 5.26. The normalized spacial score (nSPS) is 10.6. The number of methoxy groups -OCH3 is 2. The molecule has 0 aliphatic carbocycles. The Morgan fingerprint density at radius 2 is 1.92 bits per heavy atom. The average Bonchev–Trinajstić information content (AvgIpc) is 2.61. The van der Waals surface area contributed by atoms with E-state index < -0.39 is 4.92 Å². The summed E-state index contributed by atoms with van der Waals surface area (Å²) >= 11 is 0. The molecule has 1 aromatic heterocycles. The number of nitrogens with zero attached hydrogens (tertiary/aromatic N) is 2. The van der Waals surface area contributed by atoms with Crippen LogP contribution in [-0.4, -0.2) is 24.1 Å². The Labute approximate surface area is 138 Å². The molecule has 0 spiro atoms. The highest BCUT2D eigenvalue weighted by Crippen LogP contribution is 2.38. The van der Waals surface area contributed by atoms with E-state index in [2.05, 4.69) is 4.98 Å². The fraction of sp³-hybridized carbons (Fsp3) is 0.167. The van der Waals surface area contributed by atoms with Crippen LogP contribution >= 0.6 is 0 Å². The third-order valence-corrected chi connectivity index (χ3v) is 3.84. The molecule has 24 heavy (non-hydrogen) atoms. The molecule has 0 unspecified atom stereocenters. The van der Waals surface area contributed by atoms with E-state index in [0.29, 0.717) is 12.2 Å². The molecule has 0 fully saturated rings. The zero-order valence-electron chi connectivity index (χ0n) is 13.4. The van der Waals surface area contributed by atoms with Gasteiger partial charge in [-0.15, -0.1) is 0 Å². The number of rotatable bonds is 5. The van der Waals surface area contributed by atoms with E-state index >= 15 is 0 Å². The number of nitro benzene ring substituents is 1. The van der Waals surface area contributed by atoms with Crippen LogP contribution in [0.1, 0.15) is 11.3 Å². The number of benzene rings is 2. The third-order valence-electron chi connectivity index (χ3n) is 3.84. The van der Waals surface area contributed by atoms with Gasteiger partial charge in [-0.05, 0) is 23.1 Å². The maximum atomic E-state index is 11.3. The SMILES string of the molecule is COc1cc(Cc2nccc3ccccc23)cc([N+](=O)[O-])c1OC. The van der Waals surface area contributed by atoms with E-state index in [4.69, 9.17) is 9.47 Å². The molecule has 0 aliphatic heterocycles. The molecule has 2 aromatic carbocycles. The summed E-state index contributed by atoms with van der Waals surface area (Å²) in [6, 6.07) is 13.1. The van der Waals surface area contributed by atoms with Gasteiger partial charge >= 0.3 is 5.69 Å². The Bertz CT molecular complexity index is 903. The van der Waals surface area contributed by atoms with Gasteiger partial charge in [-0.2, -0.15) is 0 Å². The Balaban J connectivity index is 2.09. The highest BCUT2D eigenvalue weighted by molar-refractivity contribution is 5.84. The largest absolute Gasteiger partial charge is 0.493 e. The summed E-state index contributed by atoms with van der Waals surface area (Å²) in [5.41, 5.74) is 1.48. The lowest BCUT2D eigenvalue weighted by Crippen LogP contribution is -2.00. The molecule has 6 heteroatoms. The van der Waals surface area contributed by atoms with Crippen molar-refractivity contribution in [3.8, 4) is 11.5 Å². The van der Waals surface area contributed by atoms with Gasteiger partial charge in [0.2, 0.25) is 5.75 Å². The first-order valence-corrected chi connectivity index (χ1v) is 7.36. The minimum atomic E-state index is -0.471. The predicted molar refractivity (Wildman–Crippen MR) is 90.7 cm³/mol. The van der Waals surface area contributed by atoms with Gasteiger partial charge in [0.1, 0.15) is 0 Å². The molecule has 0 N–H and O–H groups in total. The topological polar surface area (TPSA) is 74.5 Å². The summed E-state index contributed by atoms with van der Waals surface area (Å²) in [5.74, 6) is 0.457. The van der Waals surface area contributed by atoms with Gasteiger partial charge in [0.15, 0.2) is 5.75 Å². The van der Waals surface area contributed by atoms with Crippen molar-refractivity contribution in [2.24, 2.45) is 0 Å². The first-order chi connectivity index (χ1) is 11.6. The third kappa shape index (κ3) is 2.86. The molecular formula is C18H16N2O4. The molecular weight excluding hydrogens is 308 g/mol. The van der Waals surface area contributed by atoms with E-state index in [9.17, 15) is 10.1 Å². The van der Waals surface area contributed by atoms with Crippen LogP contribution in [0.4, 0.5) is 5.69 Å². The predicted octanol–water partition coefficient (Wildman–Crippen LogP) is 3.75. The number of fused-ring (bicyclic) bond motifs is 1. The fourth-order valence-corrected chi connectivity index (χ4v) is 2.75. The molecule has 0 bridgehead atoms. The Kier molecular flexibility index (Phi) is 4.29. The molecule has 3 rings (SSSR count). The standard InChI is InChI=1S/C18H16N2O4/c1-23-17-11-12(10-16(20(21)22)18(17)24-2)9-15-14-6-4-3-5-13(14)7-8-19-15/h3-8,10-11H,9H2,1-2H3. The van der Waals surface area contributed by atoms with Gasteiger partial charge in [-0.1, -0.05) is 24.3 Å². The summed E-state index contributed by atoms with van der Waals surface area (Å²) in [5, 5.41) is 13.4. The quantitative estimate of drug-likeness (QED) is 0.528. The first-order valence-electron chi connectivity index (χ1n) is 7.36. The highest BCUT2D eigenvalue weighted by atomic mass is 16.6. The van der Waals surface area contributed by atoms with Crippen molar-refractivity contribution >= 4 is 16.5 Å². The first kappa shape index (κ1) is 15.7. The lowest BCUT2D eigenvalue weighted by molar-refractivity contribution is -0.385. The summed E-state index contributed by atoms with van der Waals surface area (Å²) < 4.78 is 10.4. The molecule has 3 aromatic rings. The Morgan fingerprint density at radius 3 is 2.62 bits per heavy atom. The van der Waals surface area contributed by atoms with E-state index in [1.807, 2.05) is 30.3 Å². The Morgan fingerprint density at radius 1 is 1.12 bits per heavy atom. The number of hydrogen-bond acceptors (Lipinski definition) is 5. The van der Waals surface area contributed by atoms with Crippen LogP contribution in [0.5, 0.6) is 11.5 Å². The minimum absolute atomic E-state index is 0.118. The van der Waals surface area contributed by atoms with Crippen molar-refractivity contribution in [3.05, 3.63) is 70.0 Å². The lowest BCUT2D eigenvalue weighted by Gasteiger charge is -2.11. The van der Waals surface area contributed by atoms with Crippen molar-refractivity contribution in [3.63, 3.8) is 0 Å². The summed E-state index contributed by atoms with van der Waals surface area (Å²) in [7, 11) is 2.85.